The minimum absolute atomic E-state index is 0.0216. The lowest BCUT2D eigenvalue weighted by Gasteiger charge is -2.11. The van der Waals surface area contributed by atoms with Crippen LogP contribution in [-0.4, -0.2) is 34.5 Å². The molecule has 108 valence electrons. The lowest BCUT2D eigenvalue weighted by atomic mass is 10.3. The van der Waals surface area contributed by atoms with Gasteiger partial charge in [-0.25, -0.2) is 8.42 Å². The monoisotopic (exact) mass is 308 g/mol. The fourth-order valence-electron chi connectivity index (χ4n) is 1.85. The predicted molar refractivity (Wildman–Crippen MR) is 71.9 cm³/mol. The molecule has 0 amide bonds. The van der Waals surface area contributed by atoms with Crippen molar-refractivity contribution in [2.45, 2.75) is 37.7 Å². The van der Waals surface area contributed by atoms with Crippen molar-refractivity contribution < 1.29 is 18.3 Å². The van der Waals surface area contributed by atoms with Crippen LogP contribution in [0.4, 0.5) is 0 Å². The van der Waals surface area contributed by atoms with Crippen LogP contribution in [0.25, 0.3) is 0 Å². The third-order valence-electron chi connectivity index (χ3n) is 2.92. The average molecular weight is 309 g/mol. The third-order valence-corrected chi connectivity index (χ3v) is 5.43. The summed E-state index contributed by atoms with van der Waals surface area (Å²) < 4.78 is 25.6. The standard InChI is InChI=1S/C11H17ClN2O4S/c1-4-7-10(12)8(14(3)13-7)6-19(17,18)9(5-2)11(15)16/h9H,4-6H2,1-3H3,(H,15,16). The first-order chi connectivity index (χ1) is 8.74. The van der Waals surface area contributed by atoms with E-state index in [9.17, 15) is 13.2 Å². The first-order valence-corrected chi connectivity index (χ1v) is 7.98. The van der Waals surface area contributed by atoms with Crippen LogP contribution >= 0.6 is 11.6 Å². The number of aromatic nitrogens is 2. The Morgan fingerprint density at radius 3 is 2.42 bits per heavy atom. The molecule has 1 rings (SSSR count). The number of carbonyl (C=O) groups is 1. The van der Waals surface area contributed by atoms with Gasteiger partial charge in [0.05, 0.1) is 22.2 Å². The second-order valence-electron chi connectivity index (χ2n) is 4.23. The summed E-state index contributed by atoms with van der Waals surface area (Å²) >= 11 is 6.07. The Morgan fingerprint density at radius 2 is 2.05 bits per heavy atom. The van der Waals surface area contributed by atoms with E-state index in [2.05, 4.69) is 5.10 Å². The van der Waals surface area contributed by atoms with E-state index in [1.165, 1.54) is 11.6 Å². The fraction of sp³-hybridized carbons (Fsp3) is 0.636. The normalized spacial score (nSPS) is 13.5. The molecule has 19 heavy (non-hydrogen) atoms. The van der Waals surface area contributed by atoms with Gasteiger partial charge in [-0.3, -0.25) is 9.48 Å². The zero-order chi connectivity index (χ0) is 14.8. The van der Waals surface area contributed by atoms with E-state index in [1.807, 2.05) is 6.92 Å². The lowest BCUT2D eigenvalue weighted by Crippen LogP contribution is -2.31. The summed E-state index contributed by atoms with van der Waals surface area (Å²) in [6.45, 7) is 3.39. The summed E-state index contributed by atoms with van der Waals surface area (Å²) in [7, 11) is -2.21. The van der Waals surface area contributed by atoms with Crippen molar-refractivity contribution in [2.24, 2.45) is 7.05 Å². The van der Waals surface area contributed by atoms with Gasteiger partial charge in [0.2, 0.25) is 0 Å². The molecule has 8 heteroatoms. The van der Waals surface area contributed by atoms with Gasteiger partial charge in [0, 0.05) is 7.05 Å². The first-order valence-electron chi connectivity index (χ1n) is 5.89. The smallest absolute Gasteiger partial charge is 0.321 e. The highest BCUT2D eigenvalue weighted by atomic mass is 35.5. The Morgan fingerprint density at radius 1 is 1.47 bits per heavy atom. The van der Waals surface area contributed by atoms with Crippen molar-refractivity contribution in [2.75, 3.05) is 0 Å². The second-order valence-corrected chi connectivity index (χ2v) is 6.79. The Bertz CT molecular complexity index is 580. The topological polar surface area (TPSA) is 89.3 Å². The molecule has 1 unspecified atom stereocenters. The van der Waals surface area contributed by atoms with Crippen molar-refractivity contribution in [3.8, 4) is 0 Å². The summed E-state index contributed by atoms with van der Waals surface area (Å²) in [6.07, 6.45) is 0.608. The lowest BCUT2D eigenvalue weighted by molar-refractivity contribution is -0.136. The third kappa shape index (κ3) is 3.27. The van der Waals surface area contributed by atoms with Crippen LogP contribution in [0.3, 0.4) is 0 Å². The Kier molecular flexibility index (Phi) is 4.98. The zero-order valence-electron chi connectivity index (χ0n) is 11.1. The zero-order valence-corrected chi connectivity index (χ0v) is 12.6. The van der Waals surface area contributed by atoms with E-state index in [1.54, 1.807) is 7.05 Å². The van der Waals surface area contributed by atoms with Gasteiger partial charge in [-0.05, 0) is 12.8 Å². The highest BCUT2D eigenvalue weighted by Gasteiger charge is 2.32. The van der Waals surface area contributed by atoms with Crippen LogP contribution in [-0.2, 0) is 33.9 Å². The molecule has 6 nitrogen and oxygen atoms in total. The number of hydrogen-bond acceptors (Lipinski definition) is 4. The van der Waals surface area contributed by atoms with Crippen molar-refractivity contribution >= 4 is 27.4 Å². The fourth-order valence-corrected chi connectivity index (χ4v) is 4.02. The molecule has 0 spiro atoms. The van der Waals surface area contributed by atoms with Crippen molar-refractivity contribution in [1.29, 1.82) is 0 Å². The molecule has 0 aliphatic heterocycles. The van der Waals surface area contributed by atoms with Crippen molar-refractivity contribution in [3.63, 3.8) is 0 Å². The van der Waals surface area contributed by atoms with Crippen LogP contribution in [0.2, 0.25) is 5.02 Å². The average Bonchev–Trinajstić information content (AvgIpc) is 2.56. The highest BCUT2D eigenvalue weighted by Crippen LogP contribution is 2.24. The molecule has 0 radical (unpaired) electrons. The number of hydrogen-bond donors (Lipinski definition) is 1. The molecule has 0 bridgehead atoms. The summed E-state index contributed by atoms with van der Waals surface area (Å²) in [6, 6.07) is 0. The molecule has 0 fully saturated rings. The summed E-state index contributed by atoms with van der Waals surface area (Å²) in [5.74, 6) is -1.75. The first kappa shape index (κ1) is 16.0. The molecule has 0 aliphatic rings. The van der Waals surface area contributed by atoms with Crippen molar-refractivity contribution in [3.05, 3.63) is 16.4 Å². The second kappa shape index (κ2) is 5.92. The molecule has 0 saturated carbocycles. The van der Waals surface area contributed by atoms with Gasteiger partial charge in [0.15, 0.2) is 15.1 Å². The van der Waals surface area contributed by atoms with E-state index in [-0.39, 0.29) is 6.42 Å². The number of halogens is 1. The maximum atomic E-state index is 12.1. The van der Waals surface area contributed by atoms with Crippen LogP contribution in [0.15, 0.2) is 0 Å². The molecule has 1 atom stereocenters. The number of sulfone groups is 1. The minimum atomic E-state index is -3.81. The van der Waals surface area contributed by atoms with Gasteiger partial charge in [0.25, 0.3) is 0 Å². The van der Waals surface area contributed by atoms with Gasteiger partial charge in [-0.2, -0.15) is 5.10 Å². The molecule has 0 saturated heterocycles. The van der Waals surface area contributed by atoms with Crippen LogP contribution in [0, 0.1) is 0 Å². The summed E-state index contributed by atoms with van der Waals surface area (Å²) in [5.41, 5.74) is 0.941. The van der Waals surface area contributed by atoms with E-state index in [0.717, 1.165) is 0 Å². The summed E-state index contributed by atoms with van der Waals surface area (Å²) in [5, 5.41) is 11.9. The molecule has 1 aromatic rings. The maximum absolute atomic E-state index is 12.1. The van der Waals surface area contributed by atoms with Gasteiger partial charge < -0.3 is 5.11 Å². The number of aliphatic carboxylic acids is 1. The van der Waals surface area contributed by atoms with Crippen LogP contribution in [0.1, 0.15) is 31.7 Å². The molecular formula is C11H17ClN2O4S. The highest BCUT2D eigenvalue weighted by molar-refractivity contribution is 7.92. The number of carboxylic acid groups (broad SMARTS) is 1. The predicted octanol–water partition coefficient (Wildman–Crippen LogP) is 1.41. The number of nitrogens with zero attached hydrogens (tertiary/aromatic N) is 2. The maximum Gasteiger partial charge on any atom is 0.321 e. The Balaban J connectivity index is 3.15. The molecule has 1 heterocycles. The molecule has 0 aliphatic carbocycles. The quantitative estimate of drug-likeness (QED) is 0.858. The SMILES string of the molecule is CCc1nn(C)c(CS(=O)(=O)C(CC)C(=O)O)c1Cl. The van der Waals surface area contributed by atoms with Crippen LogP contribution in [0.5, 0.6) is 0 Å². The van der Waals surface area contributed by atoms with E-state index in [0.29, 0.717) is 22.8 Å². The van der Waals surface area contributed by atoms with Crippen LogP contribution < -0.4 is 0 Å². The van der Waals surface area contributed by atoms with Gasteiger partial charge in [0.1, 0.15) is 0 Å². The number of aryl methyl sites for hydroxylation is 2. The molecular weight excluding hydrogens is 292 g/mol. The Labute approximate surface area is 117 Å². The van der Waals surface area contributed by atoms with E-state index >= 15 is 0 Å². The summed E-state index contributed by atoms with van der Waals surface area (Å²) in [4.78, 5) is 11.0. The Hall–Kier alpha value is -1.08. The largest absolute Gasteiger partial charge is 0.480 e. The molecule has 1 aromatic heterocycles. The van der Waals surface area contributed by atoms with Gasteiger partial charge >= 0.3 is 5.97 Å². The van der Waals surface area contributed by atoms with Gasteiger partial charge in [-0.15, -0.1) is 0 Å². The minimum Gasteiger partial charge on any atom is -0.480 e. The number of carboxylic acids is 1. The van der Waals surface area contributed by atoms with E-state index in [4.69, 9.17) is 16.7 Å². The van der Waals surface area contributed by atoms with E-state index < -0.39 is 26.8 Å². The van der Waals surface area contributed by atoms with Gasteiger partial charge in [-0.1, -0.05) is 25.4 Å². The molecule has 0 aromatic carbocycles. The molecule has 1 N–H and O–H groups in total. The number of rotatable bonds is 6. The van der Waals surface area contributed by atoms with Crippen molar-refractivity contribution in [1.82, 2.24) is 9.78 Å².